The zero-order chi connectivity index (χ0) is 17.6. The molecule has 3 heterocycles. The predicted octanol–water partition coefficient (Wildman–Crippen LogP) is 1.10. The van der Waals surface area contributed by atoms with Gasteiger partial charge in [-0.1, -0.05) is 0 Å². The van der Waals surface area contributed by atoms with Crippen molar-refractivity contribution >= 4 is 22.8 Å². The first-order valence-corrected chi connectivity index (χ1v) is 7.82. The molecule has 0 aliphatic carbocycles. The fraction of sp³-hybridized carbons (Fsp3) is 0.438. The van der Waals surface area contributed by atoms with Gasteiger partial charge in [-0.25, -0.2) is 14.2 Å². The maximum atomic E-state index is 14.8. The smallest absolute Gasteiger partial charge is 0.341 e. The van der Waals surface area contributed by atoms with Gasteiger partial charge in [-0.15, -0.1) is 0 Å². The molecule has 0 radical (unpaired) electrons. The molecule has 8 heteroatoms. The molecule has 128 valence electrons. The van der Waals surface area contributed by atoms with Crippen molar-refractivity contribution in [1.29, 1.82) is 0 Å². The Bertz CT molecular complexity index is 893. The summed E-state index contributed by atoms with van der Waals surface area (Å²) in [6.45, 7) is 4.79. The molecule has 3 N–H and O–H groups in total. The summed E-state index contributed by atoms with van der Waals surface area (Å²) in [5, 5.41) is 9.23. The lowest BCUT2D eigenvalue weighted by atomic mass is 10.1. The molecule has 2 aromatic heterocycles. The first-order chi connectivity index (χ1) is 11.3. The van der Waals surface area contributed by atoms with Gasteiger partial charge in [-0.2, -0.15) is 0 Å². The number of rotatable bonds is 3. The third kappa shape index (κ3) is 2.43. The van der Waals surface area contributed by atoms with Crippen molar-refractivity contribution < 1.29 is 14.3 Å². The molecule has 2 aromatic rings. The van der Waals surface area contributed by atoms with E-state index in [0.717, 1.165) is 6.42 Å². The number of nitrogens with zero attached hydrogens (tertiary/aromatic N) is 3. The van der Waals surface area contributed by atoms with Gasteiger partial charge in [0.05, 0.1) is 5.39 Å². The highest BCUT2D eigenvalue weighted by molar-refractivity contribution is 5.93. The van der Waals surface area contributed by atoms with E-state index < -0.39 is 17.2 Å². The minimum absolute atomic E-state index is 0.0153. The standard InChI is InChI=1S/C16H19FN4O3/c1-3-20-7-10(16(23)24)13(22)11-8(2)12(17)15(19-14(11)20)21-5-4-9(18)6-21/h7,9H,3-6,18H2,1-2H3,(H,23,24)/t9-/m0/s1. The van der Waals surface area contributed by atoms with Crippen LogP contribution >= 0.6 is 0 Å². The summed E-state index contributed by atoms with van der Waals surface area (Å²) in [6, 6.07) is -0.0371. The number of aromatic nitrogens is 2. The van der Waals surface area contributed by atoms with Gasteiger partial charge in [-0.3, -0.25) is 4.79 Å². The van der Waals surface area contributed by atoms with Crippen LogP contribution in [-0.4, -0.2) is 39.8 Å². The zero-order valence-electron chi connectivity index (χ0n) is 13.5. The lowest BCUT2D eigenvalue weighted by Crippen LogP contribution is -2.28. The Hall–Kier alpha value is -2.48. The number of halogens is 1. The Morgan fingerprint density at radius 1 is 1.54 bits per heavy atom. The number of nitrogens with two attached hydrogens (primary N) is 1. The summed E-state index contributed by atoms with van der Waals surface area (Å²) in [6.07, 6.45) is 2.01. The van der Waals surface area contributed by atoms with E-state index in [1.807, 2.05) is 0 Å². The third-order valence-electron chi connectivity index (χ3n) is 4.46. The van der Waals surface area contributed by atoms with Crippen LogP contribution in [0.15, 0.2) is 11.0 Å². The average molecular weight is 334 g/mol. The molecule has 0 aromatic carbocycles. The van der Waals surface area contributed by atoms with Gasteiger partial charge in [-0.05, 0) is 20.3 Å². The van der Waals surface area contributed by atoms with Crippen LogP contribution in [0, 0.1) is 12.7 Å². The Labute approximate surface area is 137 Å². The van der Waals surface area contributed by atoms with Gasteiger partial charge in [0.2, 0.25) is 5.43 Å². The van der Waals surface area contributed by atoms with E-state index in [0.29, 0.717) is 25.3 Å². The molecule has 24 heavy (non-hydrogen) atoms. The highest BCUT2D eigenvalue weighted by Gasteiger charge is 2.27. The lowest BCUT2D eigenvalue weighted by Gasteiger charge is -2.20. The Morgan fingerprint density at radius 3 is 2.79 bits per heavy atom. The number of anilines is 1. The van der Waals surface area contributed by atoms with Crippen molar-refractivity contribution in [2.45, 2.75) is 32.9 Å². The summed E-state index contributed by atoms with van der Waals surface area (Å²) in [4.78, 5) is 29.9. The van der Waals surface area contributed by atoms with Gasteiger partial charge in [0.1, 0.15) is 11.2 Å². The Kier molecular flexibility index (Phi) is 4.00. The maximum Gasteiger partial charge on any atom is 0.341 e. The number of hydrogen-bond donors (Lipinski definition) is 2. The van der Waals surface area contributed by atoms with Crippen LogP contribution in [0.4, 0.5) is 10.2 Å². The van der Waals surface area contributed by atoms with E-state index in [-0.39, 0.29) is 28.4 Å². The quantitative estimate of drug-likeness (QED) is 0.871. The van der Waals surface area contributed by atoms with E-state index in [2.05, 4.69) is 4.98 Å². The third-order valence-corrected chi connectivity index (χ3v) is 4.46. The number of fused-ring (bicyclic) bond motifs is 1. The molecule has 7 nitrogen and oxygen atoms in total. The summed E-state index contributed by atoms with van der Waals surface area (Å²) >= 11 is 0. The molecule has 3 rings (SSSR count). The van der Waals surface area contributed by atoms with Gasteiger partial charge in [0.25, 0.3) is 0 Å². The fourth-order valence-electron chi connectivity index (χ4n) is 3.12. The molecule has 0 spiro atoms. The van der Waals surface area contributed by atoms with Crippen LogP contribution in [0.1, 0.15) is 29.3 Å². The molecule has 1 aliphatic rings. The SMILES string of the molecule is CCn1cc(C(=O)O)c(=O)c2c(C)c(F)c(N3CC[C@H](N)C3)nc21. The van der Waals surface area contributed by atoms with Crippen LogP contribution in [0.3, 0.4) is 0 Å². The number of aromatic carboxylic acids is 1. The summed E-state index contributed by atoms with van der Waals surface area (Å²) < 4.78 is 16.4. The van der Waals surface area contributed by atoms with Crippen molar-refractivity contribution in [3.63, 3.8) is 0 Å². The van der Waals surface area contributed by atoms with Gasteiger partial charge in [0.15, 0.2) is 11.6 Å². The highest BCUT2D eigenvalue weighted by atomic mass is 19.1. The normalized spacial score (nSPS) is 17.7. The molecule has 0 bridgehead atoms. The van der Waals surface area contributed by atoms with Crippen LogP contribution in [-0.2, 0) is 6.54 Å². The molecule has 1 aliphatic heterocycles. The number of carboxylic acids is 1. The number of hydrogen-bond acceptors (Lipinski definition) is 5. The van der Waals surface area contributed by atoms with Crippen molar-refractivity contribution in [2.75, 3.05) is 18.0 Å². The number of carboxylic acid groups (broad SMARTS) is 1. The monoisotopic (exact) mass is 334 g/mol. The molecule has 0 amide bonds. The van der Waals surface area contributed by atoms with Crippen molar-refractivity contribution in [2.24, 2.45) is 5.73 Å². The molecule has 1 fully saturated rings. The van der Waals surface area contributed by atoms with Crippen LogP contribution in [0.25, 0.3) is 11.0 Å². The van der Waals surface area contributed by atoms with Crippen molar-refractivity contribution in [1.82, 2.24) is 9.55 Å². The highest BCUT2D eigenvalue weighted by Crippen LogP contribution is 2.27. The largest absolute Gasteiger partial charge is 0.477 e. The maximum absolute atomic E-state index is 14.8. The summed E-state index contributed by atoms with van der Waals surface area (Å²) in [5.41, 5.74) is 5.20. The first kappa shape index (κ1) is 16.4. The minimum atomic E-state index is -1.33. The van der Waals surface area contributed by atoms with E-state index >= 15 is 0 Å². The predicted molar refractivity (Wildman–Crippen MR) is 88.1 cm³/mol. The van der Waals surface area contributed by atoms with Crippen LogP contribution < -0.4 is 16.1 Å². The van der Waals surface area contributed by atoms with E-state index in [1.54, 1.807) is 16.4 Å². The minimum Gasteiger partial charge on any atom is -0.477 e. The molecular weight excluding hydrogens is 315 g/mol. The zero-order valence-corrected chi connectivity index (χ0v) is 13.5. The molecule has 0 unspecified atom stereocenters. The topological polar surface area (TPSA) is 101 Å². The van der Waals surface area contributed by atoms with Gasteiger partial charge < -0.3 is 20.3 Å². The summed E-state index contributed by atoms with van der Waals surface area (Å²) in [5.74, 6) is -1.77. The second-order valence-electron chi connectivity index (χ2n) is 6.03. The molecular formula is C16H19FN4O3. The van der Waals surface area contributed by atoms with Gasteiger partial charge in [0, 0.05) is 37.4 Å². The number of carbonyl (C=O) groups is 1. The summed E-state index contributed by atoms with van der Waals surface area (Å²) in [7, 11) is 0. The molecule has 1 atom stereocenters. The number of aryl methyl sites for hydroxylation is 2. The van der Waals surface area contributed by atoms with Crippen molar-refractivity contribution in [3.8, 4) is 0 Å². The first-order valence-electron chi connectivity index (χ1n) is 7.82. The average Bonchev–Trinajstić information content (AvgIpc) is 2.96. The van der Waals surface area contributed by atoms with E-state index in [4.69, 9.17) is 5.73 Å². The van der Waals surface area contributed by atoms with Crippen LogP contribution in [0.5, 0.6) is 0 Å². The van der Waals surface area contributed by atoms with E-state index in [9.17, 15) is 19.1 Å². The van der Waals surface area contributed by atoms with Gasteiger partial charge >= 0.3 is 5.97 Å². The number of pyridine rings is 2. The fourth-order valence-corrected chi connectivity index (χ4v) is 3.12. The Morgan fingerprint density at radius 2 is 2.25 bits per heavy atom. The molecule has 1 saturated heterocycles. The molecule has 0 saturated carbocycles. The Balaban J connectivity index is 2.34. The second kappa shape index (κ2) is 5.86. The van der Waals surface area contributed by atoms with E-state index in [1.165, 1.54) is 13.1 Å². The second-order valence-corrected chi connectivity index (χ2v) is 6.03. The van der Waals surface area contributed by atoms with Crippen LogP contribution in [0.2, 0.25) is 0 Å². The van der Waals surface area contributed by atoms with Crippen molar-refractivity contribution in [3.05, 3.63) is 33.4 Å². The lowest BCUT2D eigenvalue weighted by molar-refractivity contribution is 0.0695.